The number of aliphatic imine (C=N–C) groups is 1. The predicted octanol–water partition coefficient (Wildman–Crippen LogP) is 3.74. The molecule has 0 spiro atoms. The van der Waals surface area contributed by atoms with Crippen molar-refractivity contribution in [3.05, 3.63) is 62.6 Å². The van der Waals surface area contributed by atoms with Crippen LogP contribution >= 0.6 is 34.8 Å². The van der Waals surface area contributed by atoms with Gasteiger partial charge in [-0.25, -0.2) is 13.2 Å². The first-order chi connectivity index (χ1) is 19.6. The molecule has 42 heavy (non-hydrogen) atoms. The quantitative estimate of drug-likeness (QED) is 0.371. The molecule has 11 nitrogen and oxygen atoms in total. The lowest BCUT2D eigenvalue weighted by atomic mass is 10.1. The number of amidine groups is 1. The lowest BCUT2D eigenvalue weighted by molar-refractivity contribution is -0.132. The third kappa shape index (κ3) is 9.05. The summed E-state index contributed by atoms with van der Waals surface area (Å²) >= 11 is 17.8. The fraction of sp³-hybridized carbons (Fsp3) is 0.407. The minimum atomic E-state index is -3.90. The lowest BCUT2D eigenvalue weighted by Gasteiger charge is -2.25. The number of sulfone groups is 1. The van der Waals surface area contributed by atoms with Gasteiger partial charge in [-0.1, -0.05) is 59.1 Å². The predicted molar refractivity (Wildman–Crippen MR) is 162 cm³/mol. The molecular weight excluding hydrogens is 629 g/mol. The highest BCUT2D eigenvalue weighted by atomic mass is 35.5. The molecule has 0 radical (unpaired) electrons. The van der Waals surface area contributed by atoms with Crippen molar-refractivity contribution < 1.29 is 27.5 Å². The van der Waals surface area contributed by atoms with Crippen LogP contribution in [0.15, 0.2) is 46.3 Å². The van der Waals surface area contributed by atoms with Gasteiger partial charge in [-0.2, -0.15) is 0 Å². The highest BCUT2D eigenvalue weighted by Crippen LogP contribution is 2.35. The molecule has 3 amide bonds. The van der Waals surface area contributed by atoms with Gasteiger partial charge in [0.2, 0.25) is 11.8 Å². The van der Waals surface area contributed by atoms with Crippen LogP contribution in [0.25, 0.3) is 0 Å². The molecule has 0 saturated heterocycles. The maximum absolute atomic E-state index is 12.6. The van der Waals surface area contributed by atoms with Gasteiger partial charge in [0.05, 0.1) is 46.1 Å². The molecule has 0 atom stereocenters. The maximum atomic E-state index is 12.6. The second kappa shape index (κ2) is 14.0. The highest BCUT2D eigenvalue weighted by Gasteiger charge is 2.29. The van der Waals surface area contributed by atoms with Gasteiger partial charge in [-0.15, -0.1) is 0 Å². The van der Waals surface area contributed by atoms with Crippen molar-refractivity contribution in [1.82, 2.24) is 20.4 Å². The first-order valence-corrected chi connectivity index (χ1v) is 15.6. The summed E-state index contributed by atoms with van der Waals surface area (Å²) in [7, 11) is -2.31. The molecule has 0 bridgehead atoms. The van der Waals surface area contributed by atoms with Crippen LogP contribution in [0.4, 0.5) is 4.79 Å². The van der Waals surface area contributed by atoms with Crippen molar-refractivity contribution in [1.29, 1.82) is 0 Å². The Morgan fingerprint density at radius 3 is 2.33 bits per heavy atom. The Bertz CT molecular complexity index is 1480. The molecule has 0 saturated carbocycles. The van der Waals surface area contributed by atoms with Gasteiger partial charge in [0, 0.05) is 19.2 Å². The van der Waals surface area contributed by atoms with E-state index < -0.39 is 33.3 Å². The second-order valence-electron chi connectivity index (χ2n) is 10.4. The van der Waals surface area contributed by atoms with E-state index in [2.05, 4.69) is 15.6 Å². The van der Waals surface area contributed by atoms with Crippen molar-refractivity contribution in [2.24, 2.45) is 4.99 Å². The minimum Gasteiger partial charge on any atom is -0.443 e. The third-order valence-corrected chi connectivity index (χ3v) is 8.86. The van der Waals surface area contributed by atoms with Crippen molar-refractivity contribution in [2.75, 3.05) is 39.1 Å². The van der Waals surface area contributed by atoms with E-state index in [0.29, 0.717) is 18.9 Å². The molecule has 1 aliphatic heterocycles. The topological polar surface area (TPSA) is 137 Å². The van der Waals surface area contributed by atoms with E-state index in [0.717, 1.165) is 11.1 Å². The van der Waals surface area contributed by atoms with Crippen LogP contribution in [0.5, 0.6) is 0 Å². The Hall–Kier alpha value is -2.90. The minimum absolute atomic E-state index is 0.0798. The standard InChI is InChI=1S/C27H32Cl3N5O6S/c1-27(2,3)41-26(38)35-12-11-32-25(35)18-7-5-17(6-8-18)15-34(4)22(37)14-33-21(36)13-31-16-42(39,40)20-10-9-19(28)23(29)24(20)30/h5-10,31H,11-16H2,1-4H3,(H,33,36). The van der Waals surface area contributed by atoms with Crippen LogP contribution in [0.1, 0.15) is 31.9 Å². The number of ether oxygens (including phenoxy) is 1. The highest BCUT2D eigenvalue weighted by molar-refractivity contribution is 7.91. The van der Waals surface area contributed by atoms with E-state index in [1.165, 1.54) is 21.9 Å². The number of amides is 3. The molecule has 1 aliphatic rings. The molecule has 2 N–H and O–H groups in total. The fourth-order valence-electron chi connectivity index (χ4n) is 3.81. The third-order valence-electron chi connectivity index (χ3n) is 5.86. The molecule has 0 unspecified atom stereocenters. The Kier molecular flexibility index (Phi) is 11.2. The number of hydrogen-bond donors (Lipinski definition) is 2. The number of carbonyl (C=O) groups excluding carboxylic acids is 3. The summed E-state index contributed by atoms with van der Waals surface area (Å²) in [5.41, 5.74) is 0.959. The monoisotopic (exact) mass is 659 g/mol. The van der Waals surface area contributed by atoms with Crippen LogP contribution in [-0.2, 0) is 30.7 Å². The van der Waals surface area contributed by atoms with Gasteiger partial charge in [0.1, 0.15) is 17.3 Å². The number of carbonyl (C=O) groups is 3. The number of nitrogens with one attached hydrogen (secondary N) is 2. The molecule has 228 valence electrons. The number of hydrogen-bond acceptors (Lipinski definition) is 8. The largest absolute Gasteiger partial charge is 0.443 e. The molecule has 3 rings (SSSR count). The molecule has 0 fully saturated rings. The van der Waals surface area contributed by atoms with Gasteiger partial charge in [0.25, 0.3) is 0 Å². The van der Waals surface area contributed by atoms with E-state index >= 15 is 0 Å². The Labute approximate surface area is 260 Å². The van der Waals surface area contributed by atoms with Crippen molar-refractivity contribution in [2.45, 2.75) is 37.8 Å². The van der Waals surface area contributed by atoms with Crippen LogP contribution in [0, 0.1) is 0 Å². The zero-order chi connectivity index (χ0) is 31.2. The average Bonchev–Trinajstić information content (AvgIpc) is 3.40. The van der Waals surface area contributed by atoms with Crippen molar-refractivity contribution in [3.63, 3.8) is 0 Å². The van der Waals surface area contributed by atoms with Gasteiger partial charge >= 0.3 is 6.09 Å². The average molecular weight is 661 g/mol. The van der Waals surface area contributed by atoms with Gasteiger partial charge in [-0.3, -0.25) is 24.8 Å². The van der Waals surface area contributed by atoms with Gasteiger partial charge < -0.3 is 15.0 Å². The van der Waals surface area contributed by atoms with Crippen LogP contribution < -0.4 is 10.6 Å². The Morgan fingerprint density at radius 1 is 1.02 bits per heavy atom. The van der Waals surface area contributed by atoms with E-state index in [1.807, 2.05) is 24.3 Å². The van der Waals surface area contributed by atoms with E-state index in [9.17, 15) is 22.8 Å². The fourth-order valence-corrected chi connectivity index (χ4v) is 5.93. The summed E-state index contributed by atoms with van der Waals surface area (Å²) in [4.78, 5) is 44.4. The van der Waals surface area contributed by atoms with Gasteiger partial charge in [-0.05, 0) is 38.5 Å². The zero-order valence-corrected chi connectivity index (χ0v) is 26.6. The zero-order valence-electron chi connectivity index (χ0n) is 23.5. The number of rotatable bonds is 10. The number of likely N-dealkylation sites (N-methyl/N-ethyl adjacent to an activating group) is 1. The summed E-state index contributed by atoms with van der Waals surface area (Å²) in [5, 5.41) is 4.83. The van der Waals surface area contributed by atoms with E-state index in [1.54, 1.807) is 27.8 Å². The number of nitrogens with zero attached hydrogens (tertiary/aromatic N) is 3. The number of halogens is 3. The first-order valence-electron chi connectivity index (χ1n) is 12.8. The number of benzene rings is 2. The second-order valence-corrected chi connectivity index (χ2v) is 13.5. The lowest BCUT2D eigenvalue weighted by Crippen LogP contribution is -2.42. The molecule has 15 heteroatoms. The van der Waals surface area contributed by atoms with E-state index in [-0.39, 0.29) is 45.5 Å². The Morgan fingerprint density at radius 2 is 1.69 bits per heavy atom. The molecule has 0 aliphatic carbocycles. The first kappa shape index (κ1) is 33.6. The summed E-state index contributed by atoms with van der Waals surface area (Å²) in [5.74, 6) is -0.962. The molecule has 2 aromatic carbocycles. The van der Waals surface area contributed by atoms with Crippen molar-refractivity contribution in [3.8, 4) is 0 Å². The van der Waals surface area contributed by atoms with Crippen LogP contribution in [0.3, 0.4) is 0 Å². The maximum Gasteiger partial charge on any atom is 0.416 e. The van der Waals surface area contributed by atoms with Gasteiger partial charge in [0.15, 0.2) is 9.84 Å². The normalized spacial score (nSPS) is 13.5. The molecule has 2 aromatic rings. The summed E-state index contributed by atoms with van der Waals surface area (Å²) in [6.07, 6.45) is -0.456. The Balaban J connectivity index is 1.45. The summed E-state index contributed by atoms with van der Waals surface area (Å²) in [6.45, 7) is 5.98. The SMILES string of the molecule is CN(Cc1ccc(C2=NCCN2C(=O)OC(C)(C)C)cc1)C(=O)CNC(=O)CNCS(=O)(=O)c1ccc(Cl)c(Cl)c1Cl. The molecule has 1 heterocycles. The van der Waals surface area contributed by atoms with E-state index in [4.69, 9.17) is 39.5 Å². The molecular formula is C27H32Cl3N5O6S. The van der Waals surface area contributed by atoms with Crippen LogP contribution in [-0.4, -0.2) is 86.7 Å². The summed E-state index contributed by atoms with van der Waals surface area (Å²) < 4.78 is 30.6. The molecule has 0 aromatic heterocycles. The van der Waals surface area contributed by atoms with Crippen molar-refractivity contribution >= 4 is 68.4 Å². The summed E-state index contributed by atoms with van der Waals surface area (Å²) in [6, 6.07) is 9.85. The smallest absolute Gasteiger partial charge is 0.416 e. The van der Waals surface area contributed by atoms with Crippen LogP contribution in [0.2, 0.25) is 15.1 Å².